The van der Waals surface area contributed by atoms with E-state index in [9.17, 15) is 26.7 Å². The summed E-state index contributed by atoms with van der Waals surface area (Å²) in [5.41, 5.74) is 0.00360. The molecule has 32 heavy (non-hydrogen) atoms. The molecule has 3 N–H and O–H groups in total. The second kappa shape index (κ2) is 9.07. The molecule has 0 spiro atoms. The van der Waals surface area contributed by atoms with E-state index in [2.05, 4.69) is 14.2 Å². The first-order valence-electron chi connectivity index (χ1n) is 8.84. The SMILES string of the molecule is COC(=O)c1ccc(S(=O)(=O)Nc2cc(S(=O)(=O)Nc3cccc(Cl)c3)ccc2O)cc1. The fourth-order valence-electron chi connectivity index (χ4n) is 2.62. The molecule has 0 amide bonds. The normalized spacial score (nSPS) is 11.6. The molecule has 0 heterocycles. The lowest BCUT2D eigenvalue weighted by molar-refractivity contribution is 0.0600. The Labute approximate surface area is 189 Å². The molecule has 0 fully saturated rings. The number of phenols is 1. The van der Waals surface area contributed by atoms with E-state index in [4.69, 9.17) is 11.6 Å². The minimum absolute atomic E-state index is 0.148. The zero-order valence-corrected chi connectivity index (χ0v) is 18.8. The molecule has 0 radical (unpaired) electrons. The predicted octanol–water partition coefficient (Wildman–Crippen LogP) is 3.43. The van der Waals surface area contributed by atoms with Crippen molar-refractivity contribution in [3.8, 4) is 5.75 Å². The van der Waals surface area contributed by atoms with Crippen LogP contribution >= 0.6 is 11.6 Å². The monoisotopic (exact) mass is 496 g/mol. The van der Waals surface area contributed by atoms with Gasteiger partial charge in [0.1, 0.15) is 5.75 Å². The maximum absolute atomic E-state index is 12.7. The second-order valence-electron chi connectivity index (χ2n) is 6.42. The van der Waals surface area contributed by atoms with Gasteiger partial charge in [-0.25, -0.2) is 21.6 Å². The summed E-state index contributed by atoms with van der Waals surface area (Å²) in [6.45, 7) is 0. The van der Waals surface area contributed by atoms with E-state index in [0.29, 0.717) is 5.02 Å². The van der Waals surface area contributed by atoms with Crippen LogP contribution in [0.5, 0.6) is 5.75 Å². The molecule has 3 aromatic rings. The molecular formula is C20H17ClN2O7S2. The van der Waals surface area contributed by atoms with Crippen molar-refractivity contribution in [1.29, 1.82) is 0 Å². The van der Waals surface area contributed by atoms with Crippen molar-refractivity contribution in [3.05, 3.63) is 77.3 Å². The van der Waals surface area contributed by atoms with Crippen molar-refractivity contribution in [2.45, 2.75) is 9.79 Å². The number of methoxy groups -OCH3 is 1. The first kappa shape index (κ1) is 23.4. The van der Waals surface area contributed by atoms with Crippen LogP contribution in [0.1, 0.15) is 10.4 Å². The number of carbonyl (C=O) groups excluding carboxylic acids is 1. The Balaban J connectivity index is 1.89. The quantitative estimate of drug-likeness (QED) is 0.336. The molecule has 0 saturated carbocycles. The lowest BCUT2D eigenvalue weighted by Gasteiger charge is -2.13. The summed E-state index contributed by atoms with van der Waals surface area (Å²) in [5, 5.41) is 10.4. The number of nitrogens with one attached hydrogen (secondary N) is 2. The maximum Gasteiger partial charge on any atom is 0.337 e. The number of hydrogen-bond donors (Lipinski definition) is 3. The van der Waals surface area contributed by atoms with Gasteiger partial charge in [0, 0.05) is 5.02 Å². The Morgan fingerprint density at radius 2 is 1.50 bits per heavy atom. The van der Waals surface area contributed by atoms with Crippen LogP contribution < -0.4 is 9.44 Å². The Morgan fingerprint density at radius 1 is 0.875 bits per heavy atom. The summed E-state index contributed by atoms with van der Waals surface area (Å²) in [6, 6.07) is 14.0. The maximum atomic E-state index is 12.7. The number of anilines is 2. The molecule has 3 rings (SSSR count). The van der Waals surface area contributed by atoms with Gasteiger partial charge in [0.05, 0.1) is 33.8 Å². The summed E-state index contributed by atoms with van der Waals surface area (Å²) in [5.74, 6) is -1.12. The van der Waals surface area contributed by atoms with Gasteiger partial charge in [0.2, 0.25) is 0 Å². The fraction of sp³-hybridized carbons (Fsp3) is 0.0500. The Bertz CT molecular complexity index is 1370. The van der Waals surface area contributed by atoms with Gasteiger partial charge in [0.15, 0.2) is 0 Å². The van der Waals surface area contributed by atoms with Crippen LogP contribution in [0.2, 0.25) is 5.02 Å². The van der Waals surface area contributed by atoms with Crippen LogP contribution in [0.15, 0.2) is 76.5 Å². The third-order valence-electron chi connectivity index (χ3n) is 4.19. The molecule has 3 aromatic carbocycles. The summed E-state index contributed by atoms with van der Waals surface area (Å²) < 4.78 is 59.7. The average Bonchev–Trinajstić information content (AvgIpc) is 2.74. The molecular weight excluding hydrogens is 480 g/mol. The van der Waals surface area contributed by atoms with Gasteiger partial charge in [-0.1, -0.05) is 17.7 Å². The lowest BCUT2D eigenvalue weighted by atomic mass is 10.2. The third kappa shape index (κ3) is 5.31. The Kier molecular flexibility index (Phi) is 6.63. The summed E-state index contributed by atoms with van der Waals surface area (Å²) in [6.07, 6.45) is 0. The average molecular weight is 497 g/mol. The molecule has 0 atom stereocenters. The Hall–Kier alpha value is -3.28. The van der Waals surface area contributed by atoms with Crippen molar-refractivity contribution in [2.24, 2.45) is 0 Å². The van der Waals surface area contributed by atoms with Gasteiger partial charge in [-0.05, 0) is 60.7 Å². The minimum Gasteiger partial charge on any atom is -0.506 e. The first-order chi connectivity index (χ1) is 15.0. The molecule has 0 aliphatic carbocycles. The molecule has 12 heteroatoms. The first-order valence-corrected chi connectivity index (χ1v) is 12.2. The van der Waals surface area contributed by atoms with Gasteiger partial charge in [-0.2, -0.15) is 0 Å². The van der Waals surface area contributed by atoms with Gasteiger partial charge >= 0.3 is 5.97 Å². The number of halogens is 1. The van der Waals surface area contributed by atoms with Crippen LogP contribution in [0.4, 0.5) is 11.4 Å². The van der Waals surface area contributed by atoms with Gasteiger partial charge < -0.3 is 9.84 Å². The topological polar surface area (TPSA) is 139 Å². The van der Waals surface area contributed by atoms with E-state index in [-0.39, 0.29) is 26.7 Å². The number of phenolic OH excluding ortho intramolecular Hbond substituents is 1. The van der Waals surface area contributed by atoms with Crippen LogP contribution in [0, 0.1) is 0 Å². The zero-order chi connectivity index (χ0) is 23.5. The van der Waals surface area contributed by atoms with E-state index < -0.39 is 31.8 Å². The smallest absolute Gasteiger partial charge is 0.337 e. The van der Waals surface area contributed by atoms with E-state index in [1.54, 1.807) is 12.1 Å². The fourth-order valence-corrected chi connectivity index (χ4v) is 4.95. The second-order valence-corrected chi connectivity index (χ2v) is 10.2. The highest BCUT2D eigenvalue weighted by atomic mass is 35.5. The number of ether oxygens (including phenoxy) is 1. The predicted molar refractivity (Wildman–Crippen MR) is 119 cm³/mol. The van der Waals surface area contributed by atoms with E-state index in [1.165, 1.54) is 43.5 Å². The van der Waals surface area contributed by atoms with Gasteiger partial charge in [0.25, 0.3) is 20.0 Å². The molecule has 0 bridgehead atoms. The Morgan fingerprint density at radius 3 is 2.12 bits per heavy atom. The molecule has 0 unspecified atom stereocenters. The third-order valence-corrected chi connectivity index (χ3v) is 7.18. The number of aromatic hydroxyl groups is 1. The highest BCUT2D eigenvalue weighted by molar-refractivity contribution is 7.93. The van der Waals surface area contributed by atoms with Crippen molar-refractivity contribution >= 4 is 49.0 Å². The molecule has 0 aromatic heterocycles. The largest absolute Gasteiger partial charge is 0.506 e. The van der Waals surface area contributed by atoms with Crippen molar-refractivity contribution in [3.63, 3.8) is 0 Å². The number of benzene rings is 3. The highest BCUT2D eigenvalue weighted by Crippen LogP contribution is 2.30. The van der Waals surface area contributed by atoms with Crippen LogP contribution in [0.25, 0.3) is 0 Å². The zero-order valence-electron chi connectivity index (χ0n) is 16.4. The van der Waals surface area contributed by atoms with Gasteiger partial charge in [-0.15, -0.1) is 0 Å². The molecule has 0 saturated heterocycles. The van der Waals surface area contributed by atoms with E-state index >= 15 is 0 Å². The summed E-state index contributed by atoms with van der Waals surface area (Å²) in [4.78, 5) is 11.0. The lowest BCUT2D eigenvalue weighted by Crippen LogP contribution is -2.16. The molecule has 0 aliphatic rings. The van der Waals surface area contributed by atoms with Crippen LogP contribution in [-0.2, 0) is 24.8 Å². The minimum atomic E-state index is -4.21. The van der Waals surface area contributed by atoms with Gasteiger partial charge in [-0.3, -0.25) is 9.44 Å². The van der Waals surface area contributed by atoms with E-state index in [1.807, 2.05) is 0 Å². The molecule has 9 nitrogen and oxygen atoms in total. The molecule has 168 valence electrons. The van der Waals surface area contributed by atoms with Crippen molar-refractivity contribution in [2.75, 3.05) is 16.6 Å². The number of hydrogen-bond acceptors (Lipinski definition) is 7. The van der Waals surface area contributed by atoms with Crippen molar-refractivity contribution in [1.82, 2.24) is 0 Å². The number of esters is 1. The highest BCUT2D eigenvalue weighted by Gasteiger charge is 2.21. The van der Waals surface area contributed by atoms with Crippen molar-refractivity contribution < 1.29 is 31.5 Å². The number of sulfonamides is 2. The van der Waals surface area contributed by atoms with Crippen LogP contribution in [-0.4, -0.2) is 35.0 Å². The summed E-state index contributed by atoms with van der Waals surface area (Å²) >= 11 is 5.86. The standard InChI is InChI=1S/C20H17ClN2O7S2/c1-30-20(25)13-5-7-16(8-6-13)31(26,27)23-18-12-17(9-10-19(18)24)32(28,29)22-15-4-2-3-14(21)11-15/h2-12,22-24H,1H3. The van der Waals surface area contributed by atoms with Crippen LogP contribution in [0.3, 0.4) is 0 Å². The summed E-state index contributed by atoms with van der Waals surface area (Å²) in [7, 11) is -7.13. The molecule has 0 aliphatic heterocycles. The van der Waals surface area contributed by atoms with E-state index in [0.717, 1.165) is 18.2 Å². The number of carbonyl (C=O) groups is 1. The number of rotatable bonds is 7.